The molecule has 0 bridgehead atoms. The van der Waals surface area contributed by atoms with E-state index < -0.39 is 4.92 Å². The second-order valence-electron chi connectivity index (χ2n) is 4.02. The van der Waals surface area contributed by atoms with E-state index >= 15 is 0 Å². The van der Waals surface area contributed by atoms with E-state index in [0.717, 1.165) is 6.29 Å². The number of nitrogens with zero attached hydrogens (tertiary/aromatic N) is 1. The van der Waals surface area contributed by atoms with E-state index in [2.05, 4.69) is 15.9 Å². The lowest BCUT2D eigenvalue weighted by Gasteiger charge is -2.07. The summed E-state index contributed by atoms with van der Waals surface area (Å²) in [4.78, 5) is 21.0. The molecular weight excluding hydrogens is 326 g/mol. The molecule has 0 heterocycles. The van der Waals surface area contributed by atoms with Crippen LogP contribution in [0.4, 0.5) is 5.69 Å². The van der Waals surface area contributed by atoms with Gasteiger partial charge in [0.15, 0.2) is 6.29 Å². The average molecular weight is 336 g/mol. The number of aldehydes is 1. The summed E-state index contributed by atoms with van der Waals surface area (Å²) in [7, 11) is 0. The molecule has 0 spiro atoms. The first-order valence-corrected chi connectivity index (χ1v) is 6.50. The third-order valence-electron chi connectivity index (χ3n) is 2.62. The van der Waals surface area contributed by atoms with Gasteiger partial charge in [0, 0.05) is 22.2 Å². The van der Waals surface area contributed by atoms with Crippen LogP contribution < -0.4 is 4.74 Å². The van der Waals surface area contributed by atoms with E-state index in [4.69, 9.17) is 4.74 Å². The minimum absolute atomic E-state index is 0.0236. The van der Waals surface area contributed by atoms with E-state index in [1.807, 2.05) is 0 Å². The number of hydrogen-bond donors (Lipinski definition) is 0. The van der Waals surface area contributed by atoms with Gasteiger partial charge in [-0.25, -0.2) is 0 Å². The Morgan fingerprint density at radius 2 is 2.05 bits per heavy atom. The van der Waals surface area contributed by atoms with Crippen LogP contribution in [-0.2, 0) is 6.61 Å². The number of hydrogen-bond acceptors (Lipinski definition) is 4. The minimum atomic E-state index is -0.451. The van der Waals surface area contributed by atoms with Crippen LogP contribution >= 0.6 is 15.9 Å². The standard InChI is InChI=1S/C14H10BrNO4/c15-14-5-4-13(7-11(14)8-17)20-9-10-2-1-3-12(6-10)16(18)19/h1-8H,9H2. The molecule has 0 fully saturated rings. The number of ether oxygens (including phenoxy) is 1. The summed E-state index contributed by atoms with van der Waals surface area (Å²) < 4.78 is 6.21. The van der Waals surface area contributed by atoms with Crippen LogP contribution in [0.3, 0.4) is 0 Å². The first-order valence-electron chi connectivity index (χ1n) is 5.71. The summed E-state index contributed by atoms with van der Waals surface area (Å²) in [6.45, 7) is 0.196. The molecule has 0 aliphatic carbocycles. The first kappa shape index (κ1) is 14.2. The molecule has 20 heavy (non-hydrogen) atoms. The molecule has 0 radical (unpaired) electrons. The number of nitro groups is 1. The molecule has 0 aromatic heterocycles. The fourth-order valence-electron chi connectivity index (χ4n) is 1.63. The zero-order valence-electron chi connectivity index (χ0n) is 10.3. The van der Waals surface area contributed by atoms with Crippen molar-refractivity contribution in [3.8, 4) is 5.75 Å². The molecule has 0 aliphatic heterocycles. The zero-order valence-corrected chi connectivity index (χ0v) is 11.9. The van der Waals surface area contributed by atoms with Crippen molar-refractivity contribution in [2.24, 2.45) is 0 Å². The molecule has 0 N–H and O–H groups in total. The van der Waals surface area contributed by atoms with Gasteiger partial charge in [-0.3, -0.25) is 14.9 Å². The lowest BCUT2D eigenvalue weighted by Crippen LogP contribution is -1.97. The van der Waals surface area contributed by atoms with Crippen LogP contribution in [0.25, 0.3) is 0 Å². The van der Waals surface area contributed by atoms with Gasteiger partial charge < -0.3 is 4.74 Å². The van der Waals surface area contributed by atoms with Crippen molar-refractivity contribution in [3.63, 3.8) is 0 Å². The maximum atomic E-state index is 10.8. The summed E-state index contributed by atoms with van der Waals surface area (Å²) in [5, 5.41) is 10.7. The predicted molar refractivity (Wildman–Crippen MR) is 77.0 cm³/mol. The highest BCUT2D eigenvalue weighted by Crippen LogP contribution is 2.22. The Hall–Kier alpha value is -2.21. The Balaban J connectivity index is 2.10. The molecular formula is C14H10BrNO4. The van der Waals surface area contributed by atoms with Crippen molar-refractivity contribution < 1.29 is 14.5 Å². The molecule has 0 saturated heterocycles. The van der Waals surface area contributed by atoms with Crippen molar-refractivity contribution in [3.05, 3.63) is 68.2 Å². The molecule has 2 aromatic carbocycles. The van der Waals surface area contributed by atoms with Gasteiger partial charge in [0.1, 0.15) is 12.4 Å². The summed E-state index contributed by atoms with van der Waals surface area (Å²) in [6.07, 6.45) is 0.726. The Bertz CT molecular complexity index is 657. The average Bonchev–Trinajstić information content (AvgIpc) is 2.46. The van der Waals surface area contributed by atoms with Crippen LogP contribution in [0, 0.1) is 10.1 Å². The van der Waals surface area contributed by atoms with Gasteiger partial charge in [-0.05, 0) is 23.8 Å². The minimum Gasteiger partial charge on any atom is -0.489 e. The quantitative estimate of drug-likeness (QED) is 0.474. The smallest absolute Gasteiger partial charge is 0.269 e. The second-order valence-corrected chi connectivity index (χ2v) is 4.87. The van der Waals surface area contributed by atoms with Gasteiger partial charge in [0.2, 0.25) is 0 Å². The topological polar surface area (TPSA) is 69.4 Å². The lowest BCUT2D eigenvalue weighted by atomic mass is 10.2. The van der Waals surface area contributed by atoms with Gasteiger partial charge in [0.25, 0.3) is 5.69 Å². The van der Waals surface area contributed by atoms with Crippen molar-refractivity contribution in [2.45, 2.75) is 6.61 Å². The highest BCUT2D eigenvalue weighted by molar-refractivity contribution is 9.10. The maximum absolute atomic E-state index is 10.8. The fourth-order valence-corrected chi connectivity index (χ4v) is 1.97. The van der Waals surface area contributed by atoms with Crippen LogP contribution in [0.5, 0.6) is 5.75 Å². The number of non-ortho nitro benzene ring substituents is 1. The number of carbonyl (C=O) groups is 1. The molecule has 0 unspecified atom stereocenters. The van der Waals surface area contributed by atoms with E-state index in [0.29, 0.717) is 21.3 Å². The van der Waals surface area contributed by atoms with Gasteiger partial charge >= 0.3 is 0 Å². The van der Waals surface area contributed by atoms with Crippen LogP contribution in [-0.4, -0.2) is 11.2 Å². The van der Waals surface area contributed by atoms with Crippen LogP contribution in [0.15, 0.2) is 46.9 Å². The predicted octanol–water partition coefficient (Wildman–Crippen LogP) is 3.75. The Morgan fingerprint density at radius 1 is 1.25 bits per heavy atom. The van der Waals surface area contributed by atoms with Gasteiger partial charge in [-0.1, -0.05) is 28.1 Å². The molecule has 5 nitrogen and oxygen atoms in total. The van der Waals surface area contributed by atoms with Gasteiger partial charge in [-0.2, -0.15) is 0 Å². The van der Waals surface area contributed by atoms with E-state index in [1.54, 1.807) is 30.3 Å². The number of nitro benzene ring substituents is 1. The normalized spacial score (nSPS) is 10.1. The van der Waals surface area contributed by atoms with Crippen molar-refractivity contribution in [1.29, 1.82) is 0 Å². The highest BCUT2D eigenvalue weighted by Gasteiger charge is 2.06. The van der Waals surface area contributed by atoms with Crippen molar-refractivity contribution >= 4 is 27.9 Å². The van der Waals surface area contributed by atoms with Crippen LogP contribution in [0.2, 0.25) is 0 Å². The van der Waals surface area contributed by atoms with E-state index in [-0.39, 0.29) is 12.3 Å². The largest absolute Gasteiger partial charge is 0.489 e. The number of carbonyl (C=O) groups excluding carboxylic acids is 1. The van der Waals surface area contributed by atoms with Gasteiger partial charge in [-0.15, -0.1) is 0 Å². The second kappa shape index (κ2) is 6.29. The molecule has 0 aliphatic rings. The monoisotopic (exact) mass is 335 g/mol. The van der Waals surface area contributed by atoms with E-state index in [1.165, 1.54) is 12.1 Å². The molecule has 2 rings (SSSR count). The molecule has 0 amide bonds. The molecule has 102 valence electrons. The summed E-state index contributed by atoms with van der Waals surface area (Å²) >= 11 is 3.25. The van der Waals surface area contributed by atoms with Crippen LogP contribution in [0.1, 0.15) is 15.9 Å². The molecule has 2 aromatic rings. The molecule has 0 atom stereocenters. The summed E-state index contributed by atoms with van der Waals surface area (Å²) in [5.74, 6) is 0.529. The lowest BCUT2D eigenvalue weighted by molar-refractivity contribution is -0.384. The highest BCUT2D eigenvalue weighted by atomic mass is 79.9. The Morgan fingerprint density at radius 3 is 2.75 bits per heavy atom. The molecule has 0 saturated carbocycles. The SMILES string of the molecule is O=Cc1cc(OCc2cccc([N+](=O)[O-])c2)ccc1Br. The molecule has 6 heteroatoms. The first-order chi connectivity index (χ1) is 9.60. The third-order valence-corrected chi connectivity index (χ3v) is 3.34. The maximum Gasteiger partial charge on any atom is 0.269 e. The fraction of sp³-hybridized carbons (Fsp3) is 0.0714. The van der Waals surface area contributed by atoms with Crippen molar-refractivity contribution in [1.82, 2.24) is 0 Å². The Kier molecular flexibility index (Phi) is 4.47. The summed E-state index contributed by atoms with van der Waals surface area (Å²) in [5.41, 5.74) is 1.20. The van der Waals surface area contributed by atoms with E-state index in [9.17, 15) is 14.9 Å². The number of halogens is 1. The number of rotatable bonds is 5. The van der Waals surface area contributed by atoms with Crippen molar-refractivity contribution in [2.75, 3.05) is 0 Å². The Labute approximate surface area is 123 Å². The van der Waals surface area contributed by atoms with Gasteiger partial charge in [0.05, 0.1) is 4.92 Å². The zero-order chi connectivity index (χ0) is 14.5. The third kappa shape index (κ3) is 3.42. The summed E-state index contributed by atoms with van der Waals surface area (Å²) in [6, 6.07) is 11.3. The number of benzene rings is 2.